The average Bonchev–Trinajstić information content (AvgIpc) is 2.16. The van der Waals surface area contributed by atoms with Crippen LogP contribution < -0.4 is 0 Å². The monoisotopic (exact) mass is 192 g/mol. The number of hydrogen-bond acceptors (Lipinski definition) is 3. The fourth-order valence-corrected chi connectivity index (χ4v) is 1.03. The Bertz CT molecular complexity index is 367. The lowest BCUT2D eigenvalue weighted by Gasteiger charge is -2.01. The minimum atomic E-state index is -0.215. The number of allylic oxidation sites excluding steroid dienone is 1. The van der Waals surface area contributed by atoms with E-state index in [1.54, 1.807) is 18.2 Å². The van der Waals surface area contributed by atoms with E-state index in [0.29, 0.717) is 5.56 Å². The summed E-state index contributed by atoms with van der Waals surface area (Å²) in [7, 11) is 0. The Morgan fingerprint density at radius 2 is 2.14 bits per heavy atom. The molecule has 0 saturated heterocycles. The predicted molar refractivity (Wildman–Crippen MR) is 54.8 cm³/mol. The van der Waals surface area contributed by atoms with E-state index in [-0.39, 0.29) is 18.1 Å². The number of hydrogen-bond donors (Lipinski definition) is 3. The lowest BCUT2D eigenvalue weighted by molar-refractivity contribution is 0.275. The molecule has 14 heavy (non-hydrogen) atoms. The molecule has 0 fully saturated rings. The van der Waals surface area contributed by atoms with Gasteiger partial charge in [0, 0.05) is 5.56 Å². The first-order valence-electron chi connectivity index (χ1n) is 4.12. The van der Waals surface area contributed by atoms with Gasteiger partial charge in [0.1, 0.15) is 11.5 Å². The van der Waals surface area contributed by atoms with Gasteiger partial charge in [0.15, 0.2) is 0 Å². The molecule has 1 aromatic rings. The van der Waals surface area contributed by atoms with Crippen LogP contribution in [0.1, 0.15) is 11.1 Å². The van der Waals surface area contributed by atoms with Crippen molar-refractivity contribution in [3.8, 4) is 5.75 Å². The summed E-state index contributed by atoms with van der Waals surface area (Å²) >= 11 is 0. The van der Waals surface area contributed by atoms with Crippen molar-refractivity contribution in [1.29, 1.82) is 0 Å². The highest BCUT2D eigenvalue weighted by Crippen LogP contribution is 2.19. The summed E-state index contributed by atoms with van der Waals surface area (Å²) in [6.45, 7) is 3.09. The number of rotatable bonds is 3. The SMILES string of the molecule is C=C(O)/C=C/c1ccc(O)c(CO)c1. The van der Waals surface area contributed by atoms with Gasteiger partial charge in [0.25, 0.3) is 0 Å². The van der Waals surface area contributed by atoms with E-state index in [0.717, 1.165) is 5.56 Å². The third kappa shape index (κ3) is 2.64. The molecule has 0 amide bonds. The Labute approximate surface area is 82.3 Å². The fourth-order valence-electron chi connectivity index (χ4n) is 1.03. The van der Waals surface area contributed by atoms with Crippen molar-refractivity contribution in [2.45, 2.75) is 6.61 Å². The first-order chi connectivity index (χ1) is 6.63. The van der Waals surface area contributed by atoms with Crippen molar-refractivity contribution in [2.24, 2.45) is 0 Å². The molecule has 3 nitrogen and oxygen atoms in total. The van der Waals surface area contributed by atoms with Crippen molar-refractivity contribution in [1.82, 2.24) is 0 Å². The summed E-state index contributed by atoms with van der Waals surface area (Å²) in [6, 6.07) is 4.80. The van der Waals surface area contributed by atoms with Crippen molar-refractivity contribution < 1.29 is 15.3 Å². The van der Waals surface area contributed by atoms with Crippen LogP contribution >= 0.6 is 0 Å². The van der Waals surface area contributed by atoms with E-state index in [1.165, 1.54) is 12.1 Å². The molecule has 0 aliphatic rings. The molecule has 0 aromatic heterocycles. The van der Waals surface area contributed by atoms with Crippen molar-refractivity contribution in [2.75, 3.05) is 0 Å². The molecule has 1 aromatic carbocycles. The van der Waals surface area contributed by atoms with Crippen LogP contribution in [-0.4, -0.2) is 15.3 Å². The first kappa shape index (κ1) is 10.3. The molecule has 0 spiro atoms. The lowest BCUT2D eigenvalue weighted by atomic mass is 10.1. The van der Waals surface area contributed by atoms with E-state index in [9.17, 15) is 5.11 Å². The normalized spacial score (nSPS) is 10.6. The summed E-state index contributed by atoms with van der Waals surface area (Å²) in [5.74, 6) is 0.0242. The van der Waals surface area contributed by atoms with Crippen LogP contribution in [0.25, 0.3) is 6.08 Å². The second-order valence-electron chi connectivity index (χ2n) is 2.87. The Morgan fingerprint density at radius 1 is 1.43 bits per heavy atom. The minimum Gasteiger partial charge on any atom is -0.509 e. The van der Waals surface area contributed by atoms with Crippen LogP contribution in [0.2, 0.25) is 0 Å². The number of phenols is 1. The van der Waals surface area contributed by atoms with Gasteiger partial charge in [0.05, 0.1) is 6.61 Å². The van der Waals surface area contributed by atoms with Crippen LogP contribution in [0.15, 0.2) is 36.6 Å². The highest BCUT2D eigenvalue weighted by molar-refractivity contribution is 5.54. The zero-order valence-electron chi connectivity index (χ0n) is 7.64. The highest BCUT2D eigenvalue weighted by atomic mass is 16.3. The number of aliphatic hydroxyl groups excluding tert-OH is 2. The second-order valence-corrected chi connectivity index (χ2v) is 2.87. The zero-order valence-corrected chi connectivity index (χ0v) is 7.64. The topological polar surface area (TPSA) is 60.7 Å². The molecule has 0 unspecified atom stereocenters. The van der Waals surface area contributed by atoms with E-state index in [2.05, 4.69) is 6.58 Å². The van der Waals surface area contributed by atoms with Crippen molar-refractivity contribution >= 4 is 6.08 Å². The molecule has 1 rings (SSSR count). The summed E-state index contributed by atoms with van der Waals surface area (Å²) in [4.78, 5) is 0. The Morgan fingerprint density at radius 3 is 2.71 bits per heavy atom. The Hall–Kier alpha value is -1.74. The van der Waals surface area contributed by atoms with Gasteiger partial charge in [-0.15, -0.1) is 0 Å². The van der Waals surface area contributed by atoms with Crippen LogP contribution in [0.4, 0.5) is 0 Å². The van der Waals surface area contributed by atoms with Gasteiger partial charge < -0.3 is 15.3 Å². The third-order valence-electron chi connectivity index (χ3n) is 1.74. The van der Waals surface area contributed by atoms with Crippen LogP contribution in [-0.2, 0) is 6.61 Å². The maximum absolute atomic E-state index is 9.26. The molecule has 0 aliphatic heterocycles. The largest absolute Gasteiger partial charge is 0.509 e. The standard InChI is InChI=1S/C11H12O3/c1-8(13)2-3-9-4-5-11(14)10(6-9)7-12/h2-6,12-14H,1,7H2/b3-2+. The molecular formula is C11H12O3. The summed E-state index contributed by atoms with van der Waals surface area (Å²) in [5, 5.41) is 26.9. The predicted octanol–water partition coefficient (Wildman–Crippen LogP) is 1.97. The van der Waals surface area contributed by atoms with Gasteiger partial charge in [0.2, 0.25) is 0 Å². The van der Waals surface area contributed by atoms with Crippen LogP contribution in [0, 0.1) is 0 Å². The lowest BCUT2D eigenvalue weighted by Crippen LogP contribution is -1.85. The third-order valence-corrected chi connectivity index (χ3v) is 1.74. The minimum absolute atomic E-state index is 0.0383. The van der Waals surface area contributed by atoms with E-state index >= 15 is 0 Å². The first-order valence-corrected chi connectivity index (χ1v) is 4.12. The highest BCUT2D eigenvalue weighted by Gasteiger charge is 1.99. The molecule has 3 heteroatoms. The zero-order chi connectivity index (χ0) is 10.6. The maximum atomic E-state index is 9.26. The van der Waals surface area contributed by atoms with Crippen molar-refractivity contribution in [3.63, 3.8) is 0 Å². The van der Waals surface area contributed by atoms with Gasteiger partial charge in [-0.3, -0.25) is 0 Å². The molecule has 0 radical (unpaired) electrons. The van der Waals surface area contributed by atoms with Crippen molar-refractivity contribution in [3.05, 3.63) is 47.7 Å². The van der Waals surface area contributed by atoms with Gasteiger partial charge >= 0.3 is 0 Å². The number of benzene rings is 1. The second kappa shape index (κ2) is 4.48. The summed E-state index contributed by atoms with van der Waals surface area (Å²) in [5.41, 5.74) is 1.23. The van der Waals surface area contributed by atoms with Gasteiger partial charge in [-0.25, -0.2) is 0 Å². The van der Waals surface area contributed by atoms with Crippen LogP contribution in [0.5, 0.6) is 5.75 Å². The molecule has 0 bridgehead atoms. The van der Waals surface area contributed by atoms with E-state index in [4.69, 9.17) is 10.2 Å². The van der Waals surface area contributed by atoms with Gasteiger partial charge in [-0.1, -0.05) is 18.7 Å². The molecule has 0 heterocycles. The molecular weight excluding hydrogens is 180 g/mol. The molecule has 74 valence electrons. The average molecular weight is 192 g/mol. The molecule has 0 aliphatic carbocycles. The summed E-state index contributed by atoms with van der Waals surface area (Å²) < 4.78 is 0. The van der Waals surface area contributed by atoms with E-state index < -0.39 is 0 Å². The molecule has 3 N–H and O–H groups in total. The fraction of sp³-hybridized carbons (Fsp3) is 0.0909. The van der Waals surface area contributed by atoms with E-state index in [1.807, 2.05) is 0 Å². The smallest absolute Gasteiger partial charge is 0.121 e. The summed E-state index contributed by atoms with van der Waals surface area (Å²) in [6.07, 6.45) is 3.08. The number of aliphatic hydroxyl groups is 2. The maximum Gasteiger partial charge on any atom is 0.121 e. The Balaban J connectivity index is 2.95. The van der Waals surface area contributed by atoms with Gasteiger partial charge in [-0.05, 0) is 23.8 Å². The van der Waals surface area contributed by atoms with Gasteiger partial charge in [-0.2, -0.15) is 0 Å². The van der Waals surface area contributed by atoms with Crippen LogP contribution in [0.3, 0.4) is 0 Å². The number of aromatic hydroxyl groups is 1. The Kier molecular flexibility index (Phi) is 3.31. The molecule has 0 atom stereocenters. The quantitative estimate of drug-likeness (QED) is 0.507. The molecule has 0 saturated carbocycles.